The fourth-order valence-corrected chi connectivity index (χ4v) is 6.36. The first kappa shape index (κ1) is 21.2. The van der Waals surface area contributed by atoms with Crippen LogP contribution in [0, 0.1) is 3.82 Å². The zero-order chi connectivity index (χ0) is 19.9. The van der Waals surface area contributed by atoms with E-state index in [9.17, 15) is 5.11 Å². The van der Waals surface area contributed by atoms with Gasteiger partial charge in [-0.3, -0.25) is 4.90 Å². The summed E-state index contributed by atoms with van der Waals surface area (Å²) in [6.07, 6.45) is 3.09. The van der Waals surface area contributed by atoms with E-state index in [0.29, 0.717) is 5.75 Å². The van der Waals surface area contributed by atoms with Gasteiger partial charge >= 0.3 is 0 Å². The van der Waals surface area contributed by atoms with Gasteiger partial charge in [0.25, 0.3) is 0 Å². The van der Waals surface area contributed by atoms with Crippen molar-refractivity contribution in [3.05, 3.63) is 69.0 Å². The molecule has 2 aromatic carbocycles. The lowest BCUT2D eigenvalue weighted by atomic mass is 10.0. The SMILES string of the molecule is CCCN(CCC)Cc1cc(-c2ssc(=S)c2Cc2ccccc2)ccc1O. The summed E-state index contributed by atoms with van der Waals surface area (Å²) in [6.45, 7) is 7.28. The molecule has 0 radical (unpaired) electrons. The van der Waals surface area contributed by atoms with Gasteiger partial charge in [-0.05, 0) is 55.3 Å². The number of phenolic OH excluding ortho intramolecular Hbond substituents is 1. The van der Waals surface area contributed by atoms with Gasteiger partial charge < -0.3 is 5.11 Å². The van der Waals surface area contributed by atoms with E-state index in [0.717, 1.165) is 53.8 Å². The second kappa shape index (κ2) is 10.3. The molecule has 0 spiro atoms. The van der Waals surface area contributed by atoms with Gasteiger partial charge in [0.1, 0.15) is 9.57 Å². The molecule has 2 nitrogen and oxygen atoms in total. The zero-order valence-electron chi connectivity index (χ0n) is 16.5. The van der Waals surface area contributed by atoms with Crippen LogP contribution < -0.4 is 0 Å². The van der Waals surface area contributed by atoms with E-state index in [-0.39, 0.29) is 0 Å². The number of phenols is 1. The minimum atomic E-state index is 0.379. The van der Waals surface area contributed by atoms with Crippen molar-refractivity contribution >= 4 is 32.9 Å². The average Bonchev–Trinajstić information content (AvgIpc) is 3.05. The van der Waals surface area contributed by atoms with Crippen molar-refractivity contribution in [1.29, 1.82) is 0 Å². The standard InChI is InChI=1S/C23H27NOS3/c1-3-12-24(13-4-2)16-19-15-18(10-11-21(19)25)22-20(23(26)28-27-22)14-17-8-6-5-7-9-17/h5-11,15,25H,3-4,12-14,16H2,1-2H3. The van der Waals surface area contributed by atoms with E-state index in [4.69, 9.17) is 12.2 Å². The maximum Gasteiger partial charge on any atom is 0.120 e. The van der Waals surface area contributed by atoms with Crippen molar-refractivity contribution in [3.8, 4) is 16.2 Å². The molecule has 5 heteroatoms. The lowest BCUT2D eigenvalue weighted by Crippen LogP contribution is -2.24. The lowest BCUT2D eigenvalue weighted by Gasteiger charge is -2.22. The molecule has 0 saturated carbocycles. The summed E-state index contributed by atoms with van der Waals surface area (Å²) in [4.78, 5) is 3.65. The molecule has 0 bridgehead atoms. The summed E-state index contributed by atoms with van der Waals surface area (Å²) in [5.74, 6) is 0.379. The van der Waals surface area contributed by atoms with E-state index in [1.54, 1.807) is 20.7 Å². The van der Waals surface area contributed by atoms with Gasteiger partial charge in [0, 0.05) is 24.1 Å². The van der Waals surface area contributed by atoms with Crippen LogP contribution in [0.3, 0.4) is 0 Å². The Hall–Kier alpha value is -1.53. The number of aromatic hydroxyl groups is 1. The van der Waals surface area contributed by atoms with Gasteiger partial charge in [-0.1, -0.05) is 77.1 Å². The van der Waals surface area contributed by atoms with E-state index in [1.807, 2.05) is 18.2 Å². The van der Waals surface area contributed by atoms with Gasteiger partial charge in [-0.2, -0.15) is 0 Å². The van der Waals surface area contributed by atoms with Crippen molar-refractivity contribution < 1.29 is 5.11 Å². The molecule has 0 aliphatic rings. The minimum Gasteiger partial charge on any atom is -0.508 e. The third kappa shape index (κ3) is 5.29. The van der Waals surface area contributed by atoms with E-state index < -0.39 is 0 Å². The first-order valence-corrected chi connectivity index (χ1v) is 12.4. The molecule has 0 aliphatic carbocycles. The Morgan fingerprint density at radius 1 is 0.964 bits per heavy atom. The maximum absolute atomic E-state index is 10.4. The summed E-state index contributed by atoms with van der Waals surface area (Å²) in [5, 5.41) is 10.4. The maximum atomic E-state index is 10.4. The molecule has 3 aromatic rings. The van der Waals surface area contributed by atoms with Crippen LogP contribution in [0.25, 0.3) is 10.4 Å². The molecule has 1 N–H and O–H groups in total. The summed E-state index contributed by atoms with van der Waals surface area (Å²) in [5.41, 5.74) is 4.65. The number of benzene rings is 2. The van der Waals surface area contributed by atoms with Crippen LogP contribution in [0.2, 0.25) is 0 Å². The summed E-state index contributed by atoms with van der Waals surface area (Å²) < 4.78 is 0.970. The van der Waals surface area contributed by atoms with Crippen LogP contribution in [0.5, 0.6) is 5.75 Å². The Morgan fingerprint density at radius 2 is 1.68 bits per heavy atom. The number of rotatable bonds is 9. The number of hydrogen-bond acceptors (Lipinski definition) is 5. The first-order chi connectivity index (χ1) is 13.6. The fourth-order valence-electron chi connectivity index (χ4n) is 3.44. The Kier molecular flexibility index (Phi) is 7.80. The highest BCUT2D eigenvalue weighted by atomic mass is 32.9. The molecule has 1 heterocycles. The largest absolute Gasteiger partial charge is 0.508 e. The molecule has 1 aromatic heterocycles. The highest BCUT2D eigenvalue weighted by molar-refractivity contribution is 7.80. The van der Waals surface area contributed by atoms with Crippen LogP contribution in [-0.2, 0) is 13.0 Å². The van der Waals surface area contributed by atoms with E-state index in [1.165, 1.54) is 16.0 Å². The Balaban J connectivity index is 1.91. The van der Waals surface area contributed by atoms with Crippen molar-refractivity contribution in [3.63, 3.8) is 0 Å². The molecule has 28 heavy (non-hydrogen) atoms. The second-order valence-corrected chi connectivity index (χ2v) is 9.86. The number of hydrogen-bond donors (Lipinski definition) is 1. The molecule has 3 rings (SSSR count). The minimum absolute atomic E-state index is 0.379. The van der Waals surface area contributed by atoms with E-state index in [2.05, 4.69) is 49.1 Å². The van der Waals surface area contributed by atoms with Crippen LogP contribution in [0.15, 0.2) is 48.5 Å². The zero-order valence-corrected chi connectivity index (χ0v) is 18.9. The second-order valence-electron chi connectivity index (χ2n) is 7.04. The molecule has 0 atom stereocenters. The van der Waals surface area contributed by atoms with Crippen molar-refractivity contribution in [2.45, 2.75) is 39.7 Å². The van der Waals surface area contributed by atoms with Crippen molar-refractivity contribution in [2.75, 3.05) is 13.1 Å². The quantitative estimate of drug-likeness (QED) is 0.289. The molecule has 0 amide bonds. The third-order valence-electron chi connectivity index (χ3n) is 4.76. The predicted molar refractivity (Wildman–Crippen MR) is 125 cm³/mol. The summed E-state index contributed by atoms with van der Waals surface area (Å²) in [6, 6.07) is 16.5. The highest BCUT2D eigenvalue weighted by Gasteiger charge is 2.15. The summed E-state index contributed by atoms with van der Waals surface area (Å²) >= 11 is 5.64. The van der Waals surface area contributed by atoms with Crippen LogP contribution >= 0.6 is 32.9 Å². The lowest BCUT2D eigenvalue weighted by molar-refractivity contribution is 0.263. The Bertz CT molecular complexity index is 940. The van der Waals surface area contributed by atoms with Gasteiger partial charge in [-0.15, -0.1) is 0 Å². The van der Waals surface area contributed by atoms with Crippen LogP contribution in [-0.4, -0.2) is 23.1 Å². The van der Waals surface area contributed by atoms with Crippen LogP contribution in [0.1, 0.15) is 43.4 Å². The van der Waals surface area contributed by atoms with Gasteiger partial charge in [0.05, 0.1) is 4.88 Å². The smallest absolute Gasteiger partial charge is 0.120 e. The first-order valence-electron chi connectivity index (χ1n) is 9.82. The van der Waals surface area contributed by atoms with Gasteiger partial charge in [0.15, 0.2) is 0 Å². The van der Waals surface area contributed by atoms with Gasteiger partial charge in [-0.25, -0.2) is 0 Å². The molecule has 0 aliphatic heterocycles. The monoisotopic (exact) mass is 429 g/mol. The van der Waals surface area contributed by atoms with Crippen molar-refractivity contribution in [2.24, 2.45) is 0 Å². The van der Waals surface area contributed by atoms with Gasteiger partial charge in [0.2, 0.25) is 0 Å². The Morgan fingerprint density at radius 3 is 2.36 bits per heavy atom. The normalized spacial score (nSPS) is 11.2. The third-order valence-corrected chi connectivity index (χ3v) is 7.95. The molecule has 0 saturated heterocycles. The predicted octanol–water partition coefficient (Wildman–Crippen LogP) is 7.12. The van der Waals surface area contributed by atoms with Crippen LogP contribution in [0.4, 0.5) is 0 Å². The molecule has 0 fully saturated rings. The molecule has 0 unspecified atom stereocenters. The number of nitrogens with zero attached hydrogens (tertiary/aromatic N) is 1. The summed E-state index contributed by atoms with van der Waals surface area (Å²) in [7, 11) is 3.41. The van der Waals surface area contributed by atoms with Crippen molar-refractivity contribution in [1.82, 2.24) is 4.90 Å². The van der Waals surface area contributed by atoms with E-state index >= 15 is 0 Å². The molecular formula is C23H27NOS3. The molecule has 148 valence electrons. The Labute approximate surface area is 180 Å². The average molecular weight is 430 g/mol. The fraction of sp³-hybridized carbons (Fsp3) is 0.348. The highest BCUT2D eigenvalue weighted by Crippen LogP contribution is 2.37. The topological polar surface area (TPSA) is 23.5 Å². The molecular weight excluding hydrogens is 402 g/mol.